The van der Waals surface area contributed by atoms with Gasteiger partial charge in [-0.3, -0.25) is 0 Å². The second-order valence-corrected chi connectivity index (χ2v) is 3.60. The first-order valence-corrected chi connectivity index (χ1v) is 4.70. The molecule has 2 aliphatic heterocycles. The van der Waals surface area contributed by atoms with E-state index in [0.29, 0.717) is 5.41 Å². The van der Waals surface area contributed by atoms with Crippen LogP contribution in [0.3, 0.4) is 0 Å². The van der Waals surface area contributed by atoms with Crippen LogP contribution in [0.1, 0.15) is 20.3 Å². The van der Waals surface area contributed by atoms with Crippen LogP contribution in [-0.4, -0.2) is 38.1 Å². The molecule has 66 valence electrons. The molecule has 2 heterocycles. The number of hydrogen-bond donors (Lipinski definition) is 1. The lowest BCUT2D eigenvalue weighted by atomic mass is 9.80. The number of rotatable bonds is 0. The molecule has 0 amide bonds. The summed E-state index contributed by atoms with van der Waals surface area (Å²) in [5.41, 5.74) is 0.703. The van der Waals surface area contributed by atoms with Gasteiger partial charge in [-0.2, -0.15) is 0 Å². The van der Waals surface area contributed by atoms with Gasteiger partial charge in [-0.25, -0.2) is 0 Å². The van der Waals surface area contributed by atoms with Crippen LogP contribution in [0.2, 0.25) is 0 Å². The Hall–Kier alpha value is -0.0800. The molecule has 0 aromatic carbocycles. The molecular weight excluding hydrogens is 136 g/mol. The van der Waals surface area contributed by atoms with Crippen LogP contribution in [0.15, 0.2) is 0 Å². The van der Waals surface area contributed by atoms with Gasteiger partial charge in [0.05, 0.1) is 0 Å². The van der Waals surface area contributed by atoms with Crippen molar-refractivity contribution in [3.63, 3.8) is 0 Å². The van der Waals surface area contributed by atoms with Gasteiger partial charge in [0.1, 0.15) is 0 Å². The maximum atomic E-state index is 3.41. The molecule has 0 saturated carbocycles. The Bertz CT molecular complexity index is 109. The van der Waals surface area contributed by atoms with E-state index < -0.39 is 0 Å². The Kier molecular flexibility index (Phi) is 2.90. The standard InChI is InChI=1S/C7H14N2.C2H6/c1-9-5-7(6-9)2-3-8-4-7;1-2/h8H,2-6H2,1H3;1-2H3. The van der Waals surface area contributed by atoms with E-state index in [4.69, 9.17) is 0 Å². The first kappa shape index (κ1) is 9.01. The van der Waals surface area contributed by atoms with Crippen molar-refractivity contribution < 1.29 is 0 Å². The first-order chi connectivity index (χ1) is 5.31. The Labute approximate surface area is 70.0 Å². The van der Waals surface area contributed by atoms with Crippen molar-refractivity contribution in [1.82, 2.24) is 10.2 Å². The Morgan fingerprint density at radius 3 is 2.27 bits per heavy atom. The topological polar surface area (TPSA) is 15.3 Å². The van der Waals surface area contributed by atoms with E-state index in [1.807, 2.05) is 13.8 Å². The molecule has 1 spiro atoms. The molecule has 0 aliphatic carbocycles. The van der Waals surface area contributed by atoms with Gasteiger partial charge >= 0.3 is 0 Å². The summed E-state index contributed by atoms with van der Waals surface area (Å²) in [6.45, 7) is 9.14. The van der Waals surface area contributed by atoms with Crippen LogP contribution in [-0.2, 0) is 0 Å². The van der Waals surface area contributed by atoms with E-state index in [-0.39, 0.29) is 0 Å². The summed E-state index contributed by atoms with van der Waals surface area (Å²) < 4.78 is 0. The highest BCUT2D eigenvalue weighted by Gasteiger charge is 2.42. The summed E-state index contributed by atoms with van der Waals surface area (Å²) in [5.74, 6) is 0. The Balaban J connectivity index is 0.000000281. The van der Waals surface area contributed by atoms with Crippen molar-refractivity contribution in [2.24, 2.45) is 5.41 Å². The zero-order chi connectivity index (χ0) is 8.32. The van der Waals surface area contributed by atoms with Gasteiger partial charge in [0.25, 0.3) is 0 Å². The van der Waals surface area contributed by atoms with Crippen LogP contribution in [0.25, 0.3) is 0 Å². The molecule has 0 bridgehead atoms. The largest absolute Gasteiger partial charge is 0.316 e. The third-order valence-corrected chi connectivity index (χ3v) is 2.54. The maximum absolute atomic E-state index is 3.41. The minimum Gasteiger partial charge on any atom is -0.316 e. The van der Waals surface area contributed by atoms with E-state index >= 15 is 0 Å². The second kappa shape index (κ2) is 3.55. The molecule has 0 aromatic rings. The monoisotopic (exact) mass is 156 g/mol. The maximum Gasteiger partial charge on any atom is 0.00940 e. The lowest BCUT2D eigenvalue weighted by Gasteiger charge is -2.45. The SMILES string of the molecule is CC.CN1CC2(CCNC2)C1. The minimum atomic E-state index is 0.703. The molecule has 2 fully saturated rings. The summed E-state index contributed by atoms with van der Waals surface area (Å²) in [6, 6.07) is 0. The van der Waals surface area contributed by atoms with Gasteiger partial charge in [-0.1, -0.05) is 13.8 Å². The number of nitrogens with one attached hydrogen (secondary N) is 1. The highest BCUT2D eigenvalue weighted by Crippen LogP contribution is 2.34. The number of nitrogens with zero attached hydrogens (tertiary/aromatic N) is 1. The van der Waals surface area contributed by atoms with Crippen molar-refractivity contribution in [2.75, 3.05) is 33.2 Å². The van der Waals surface area contributed by atoms with E-state index in [9.17, 15) is 0 Å². The highest BCUT2D eigenvalue weighted by molar-refractivity contribution is 4.98. The summed E-state index contributed by atoms with van der Waals surface area (Å²) in [6.07, 6.45) is 1.40. The lowest BCUT2D eigenvalue weighted by Crippen LogP contribution is -2.55. The molecule has 2 heteroatoms. The minimum absolute atomic E-state index is 0.703. The number of hydrogen-bond acceptors (Lipinski definition) is 2. The quantitative estimate of drug-likeness (QED) is 0.561. The van der Waals surface area contributed by atoms with Crippen molar-refractivity contribution in [3.8, 4) is 0 Å². The van der Waals surface area contributed by atoms with E-state index in [2.05, 4.69) is 17.3 Å². The molecule has 0 atom stereocenters. The third-order valence-electron chi connectivity index (χ3n) is 2.54. The average Bonchev–Trinajstić information content (AvgIpc) is 2.40. The fourth-order valence-corrected chi connectivity index (χ4v) is 2.16. The first-order valence-electron chi connectivity index (χ1n) is 4.70. The average molecular weight is 156 g/mol. The van der Waals surface area contributed by atoms with Gasteiger partial charge in [-0.05, 0) is 20.0 Å². The predicted molar refractivity (Wildman–Crippen MR) is 48.8 cm³/mol. The van der Waals surface area contributed by atoms with E-state index in [1.54, 1.807) is 0 Å². The summed E-state index contributed by atoms with van der Waals surface area (Å²) in [4.78, 5) is 2.40. The van der Waals surface area contributed by atoms with Crippen LogP contribution in [0, 0.1) is 5.41 Å². The second-order valence-electron chi connectivity index (χ2n) is 3.60. The summed E-state index contributed by atoms with van der Waals surface area (Å²) in [7, 11) is 2.20. The molecule has 11 heavy (non-hydrogen) atoms. The van der Waals surface area contributed by atoms with Crippen LogP contribution in [0.4, 0.5) is 0 Å². The predicted octanol–water partition coefficient (Wildman–Crippen LogP) is 0.938. The molecular formula is C9H20N2. The zero-order valence-corrected chi connectivity index (χ0v) is 7.98. The summed E-state index contributed by atoms with van der Waals surface area (Å²) >= 11 is 0. The van der Waals surface area contributed by atoms with Crippen LogP contribution in [0.5, 0.6) is 0 Å². The molecule has 0 unspecified atom stereocenters. The number of likely N-dealkylation sites (tertiary alicyclic amines) is 1. The highest BCUT2D eigenvalue weighted by atomic mass is 15.2. The van der Waals surface area contributed by atoms with Gasteiger partial charge in [0.15, 0.2) is 0 Å². The molecule has 0 radical (unpaired) electrons. The van der Waals surface area contributed by atoms with Gasteiger partial charge in [0, 0.05) is 25.0 Å². The van der Waals surface area contributed by atoms with Gasteiger partial charge in [-0.15, -0.1) is 0 Å². The van der Waals surface area contributed by atoms with Gasteiger partial charge in [0.2, 0.25) is 0 Å². The van der Waals surface area contributed by atoms with Crippen LogP contribution >= 0.6 is 0 Å². The normalized spacial score (nSPS) is 27.5. The van der Waals surface area contributed by atoms with Crippen molar-refractivity contribution in [3.05, 3.63) is 0 Å². The summed E-state index contributed by atoms with van der Waals surface area (Å²) in [5, 5.41) is 3.41. The third kappa shape index (κ3) is 1.74. The molecule has 0 aromatic heterocycles. The Morgan fingerprint density at radius 2 is 1.91 bits per heavy atom. The fraction of sp³-hybridized carbons (Fsp3) is 1.00. The van der Waals surface area contributed by atoms with Crippen molar-refractivity contribution >= 4 is 0 Å². The smallest absolute Gasteiger partial charge is 0.00940 e. The molecule has 2 nitrogen and oxygen atoms in total. The molecule has 2 saturated heterocycles. The van der Waals surface area contributed by atoms with E-state index in [0.717, 1.165) is 0 Å². The zero-order valence-electron chi connectivity index (χ0n) is 7.98. The van der Waals surface area contributed by atoms with Gasteiger partial charge < -0.3 is 10.2 Å². The lowest BCUT2D eigenvalue weighted by molar-refractivity contribution is 0.0409. The van der Waals surface area contributed by atoms with Crippen LogP contribution < -0.4 is 5.32 Å². The molecule has 2 aliphatic rings. The fourth-order valence-electron chi connectivity index (χ4n) is 2.16. The molecule has 1 N–H and O–H groups in total. The van der Waals surface area contributed by atoms with Crippen molar-refractivity contribution in [2.45, 2.75) is 20.3 Å². The van der Waals surface area contributed by atoms with Crippen molar-refractivity contribution in [1.29, 1.82) is 0 Å². The Morgan fingerprint density at radius 1 is 1.27 bits per heavy atom. The van der Waals surface area contributed by atoms with E-state index in [1.165, 1.54) is 32.6 Å². The molecule has 2 rings (SSSR count).